The maximum Gasteiger partial charge on any atom is 0.290 e. The van der Waals surface area contributed by atoms with Crippen LogP contribution in [-0.2, 0) is 4.74 Å². The van der Waals surface area contributed by atoms with E-state index in [9.17, 15) is 8.78 Å². The molecule has 3 nitrogen and oxygen atoms in total. The van der Waals surface area contributed by atoms with E-state index in [1.54, 1.807) is 0 Å². The molecule has 3 N–H and O–H groups in total. The van der Waals surface area contributed by atoms with Crippen LogP contribution in [0.1, 0.15) is 0 Å². The minimum atomic E-state index is -2.92. The lowest BCUT2D eigenvalue weighted by Crippen LogP contribution is -2.71. The molecule has 0 aromatic carbocycles. The Kier molecular flexibility index (Phi) is 2.13. The van der Waals surface area contributed by atoms with Crippen LogP contribution in [0.4, 0.5) is 8.78 Å². The number of halogens is 2. The lowest BCUT2D eigenvalue weighted by molar-refractivity contribution is -0.211. The predicted octanol–water partition coefficient (Wildman–Crippen LogP) is -0.431. The van der Waals surface area contributed by atoms with Crippen molar-refractivity contribution in [3.63, 3.8) is 0 Å². The summed E-state index contributed by atoms with van der Waals surface area (Å²) in [7, 11) is 1.28. The van der Waals surface area contributed by atoms with E-state index in [1.165, 1.54) is 7.11 Å². The van der Waals surface area contributed by atoms with Crippen molar-refractivity contribution in [3.8, 4) is 0 Å². The van der Waals surface area contributed by atoms with Gasteiger partial charge in [-0.15, -0.1) is 0 Å². The molecule has 0 aliphatic carbocycles. The third kappa shape index (κ3) is 1.13. The van der Waals surface area contributed by atoms with Crippen LogP contribution in [0.2, 0.25) is 0 Å². The molecular formula is C6H12F2N2O. The van der Waals surface area contributed by atoms with Crippen LogP contribution in [0.15, 0.2) is 0 Å². The molecule has 0 aromatic heterocycles. The Morgan fingerprint density at radius 2 is 2.18 bits per heavy atom. The van der Waals surface area contributed by atoms with Crippen molar-refractivity contribution in [3.05, 3.63) is 0 Å². The fraction of sp³-hybridized carbons (Fsp3) is 1.00. The molecule has 1 fully saturated rings. The van der Waals surface area contributed by atoms with Crippen LogP contribution in [0, 0.1) is 0 Å². The molecule has 0 bridgehead atoms. The normalized spacial score (nSPS) is 22.9. The first-order valence-electron chi connectivity index (χ1n) is 3.42. The second-order valence-electron chi connectivity index (χ2n) is 2.71. The highest BCUT2D eigenvalue weighted by molar-refractivity contribution is 5.05. The van der Waals surface area contributed by atoms with Crippen LogP contribution in [0.5, 0.6) is 0 Å². The molecule has 0 saturated carbocycles. The van der Waals surface area contributed by atoms with Crippen molar-refractivity contribution < 1.29 is 13.5 Å². The summed E-state index contributed by atoms with van der Waals surface area (Å²) >= 11 is 0. The summed E-state index contributed by atoms with van der Waals surface area (Å²) in [5.41, 5.74) is 3.56. The molecule has 1 rings (SSSR count). The van der Waals surface area contributed by atoms with Gasteiger partial charge in [0.2, 0.25) is 0 Å². The Balaban J connectivity index is 2.68. The molecule has 0 spiro atoms. The Bertz CT molecular complexity index is 142. The lowest BCUT2D eigenvalue weighted by atomic mass is 9.89. The van der Waals surface area contributed by atoms with Gasteiger partial charge < -0.3 is 15.8 Å². The quantitative estimate of drug-likeness (QED) is 0.598. The standard InChI is InChI=1S/C6H12F2N2O/c1-11-5(3-10-4-5)6(7,8)2-9/h10H,2-4,9H2,1H3. The van der Waals surface area contributed by atoms with Gasteiger partial charge in [-0.3, -0.25) is 0 Å². The Morgan fingerprint density at radius 3 is 2.27 bits per heavy atom. The average Bonchev–Trinajstić information content (AvgIpc) is 1.86. The Labute approximate surface area is 63.9 Å². The molecule has 1 aliphatic rings. The number of hydrogen-bond acceptors (Lipinski definition) is 3. The first-order chi connectivity index (χ1) is 5.08. The molecule has 0 unspecified atom stereocenters. The number of ether oxygens (including phenoxy) is 1. The van der Waals surface area contributed by atoms with Gasteiger partial charge in [0.05, 0.1) is 6.54 Å². The smallest absolute Gasteiger partial charge is 0.290 e. The minimum absolute atomic E-state index is 0.174. The van der Waals surface area contributed by atoms with E-state index >= 15 is 0 Å². The van der Waals surface area contributed by atoms with Crippen molar-refractivity contribution in [1.29, 1.82) is 0 Å². The number of hydrogen-bond donors (Lipinski definition) is 2. The minimum Gasteiger partial charge on any atom is -0.369 e. The molecule has 1 aliphatic heterocycles. The molecule has 11 heavy (non-hydrogen) atoms. The largest absolute Gasteiger partial charge is 0.369 e. The van der Waals surface area contributed by atoms with E-state index in [-0.39, 0.29) is 13.1 Å². The van der Waals surface area contributed by atoms with E-state index in [0.717, 1.165) is 0 Å². The van der Waals surface area contributed by atoms with Gasteiger partial charge in [-0.1, -0.05) is 0 Å². The summed E-state index contributed by atoms with van der Waals surface area (Å²) < 4.78 is 30.7. The number of rotatable bonds is 3. The SMILES string of the molecule is COC1(C(F)(F)CN)CNC1. The lowest BCUT2D eigenvalue weighted by Gasteiger charge is -2.45. The highest BCUT2D eigenvalue weighted by atomic mass is 19.3. The number of methoxy groups -OCH3 is 1. The van der Waals surface area contributed by atoms with Gasteiger partial charge in [0.1, 0.15) is 0 Å². The fourth-order valence-electron chi connectivity index (χ4n) is 1.09. The third-order valence-electron chi connectivity index (χ3n) is 2.13. The fourth-order valence-corrected chi connectivity index (χ4v) is 1.09. The van der Waals surface area contributed by atoms with Crippen LogP contribution < -0.4 is 11.1 Å². The maximum atomic E-state index is 13.0. The van der Waals surface area contributed by atoms with Crippen LogP contribution in [0.3, 0.4) is 0 Å². The van der Waals surface area contributed by atoms with Crippen molar-refractivity contribution >= 4 is 0 Å². The topological polar surface area (TPSA) is 47.3 Å². The maximum absolute atomic E-state index is 13.0. The van der Waals surface area contributed by atoms with Gasteiger partial charge in [-0.25, -0.2) is 8.78 Å². The summed E-state index contributed by atoms with van der Waals surface area (Å²) in [5, 5.41) is 2.73. The van der Waals surface area contributed by atoms with Gasteiger partial charge in [0.15, 0.2) is 5.60 Å². The summed E-state index contributed by atoms with van der Waals surface area (Å²) in [5.74, 6) is -2.92. The second-order valence-corrected chi connectivity index (χ2v) is 2.71. The van der Waals surface area contributed by atoms with E-state index in [2.05, 4.69) is 5.32 Å². The highest BCUT2D eigenvalue weighted by Gasteiger charge is 2.57. The number of nitrogens with two attached hydrogens (primary N) is 1. The van der Waals surface area contributed by atoms with Gasteiger partial charge >= 0.3 is 0 Å². The van der Waals surface area contributed by atoms with Crippen molar-refractivity contribution in [2.75, 3.05) is 26.7 Å². The molecule has 0 aromatic rings. The zero-order valence-corrected chi connectivity index (χ0v) is 6.36. The zero-order valence-electron chi connectivity index (χ0n) is 6.36. The third-order valence-corrected chi connectivity index (χ3v) is 2.13. The molecule has 66 valence electrons. The predicted molar refractivity (Wildman–Crippen MR) is 36.6 cm³/mol. The molecular weight excluding hydrogens is 154 g/mol. The average molecular weight is 166 g/mol. The number of alkyl halides is 2. The van der Waals surface area contributed by atoms with Crippen LogP contribution in [-0.4, -0.2) is 38.3 Å². The summed E-state index contributed by atoms with van der Waals surface area (Å²) in [6.07, 6.45) is 0. The van der Waals surface area contributed by atoms with Gasteiger partial charge in [0, 0.05) is 20.2 Å². The molecule has 1 saturated heterocycles. The van der Waals surface area contributed by atoms with E-state index in [0.29, 0.717) is 0 Å². The van der Waals surface area contributed by atoms with Crippen molar-refractivity contribution in [2.24, 2.45) is 5.73 Å². The summed E-state index contributed by atoms with van der Waals surface area (Å²) in [6.45, 7) is -0.316. The van der Waals surface area contributed by atoms with Crippen molar-refractivity contribution in [1.82, 2.24) is 5.32 Å². The monoisotopic (exact) mass is 166 g/mol. The van der Waals surface area contributed by atoms with Gasteiger partial charge in [0.25, 0.3) is 5.92 Å². The van der Waals surface area contributed by atoms with E-state index in [1.807, 2.05) is 0 Å². The highest BCUT2D eigenvalue weighted by Crippen LogP contribution is 2.33. The first-order valence-corrected chi connectivity index (χ1v) is 3.42. The van der Waals surface area contributed by atoms with Crippen LogP contribution >= 0.6 is 0 Å². The molecule has 0 radical (unpaired) electrons. The zero-order chi connectivity index (χ0) is 8.54. The first kappa shape index (κ1) is 8.83. The van der Waals surface area contributed by atoms with Crippen molar-refractivity contribution in [2.45, 2.75) is 11.5 Å². The Hall–Kier alpha value is -0.260. The molecule has 5 heteroatoms. The molecule has 0 amide bonds. The van der Waals surface area contributed by atoms with Gasteiger partial charge in [-0.05, 0) is 0 Å². The van der Waals surface area contributed by atoms with E-state index < -0.39 is 18.1 Å². The second kappa shape index (κ2) is 2.66. The van der Waals surface area contributed by atoms with Gasteiger partial charge in [-0.2, -0.15) is 0 Å². The summed E-state index contributed by atoms with van der Waals surface area (Å²) in [6, 6.07) is 0. The molecule has 0 atom stereocenters. The summed E-state index contributed by atoms with van der Waals surface area (Å²) in [4.78, 5) is 0. The molecule has 1 heterocycles. The number of nitrogens with one attached hydrogen (secondary N) is 1. The Morgan fingerprint density at radius 1 is 1.64 bits per heavy atom. The van der Waals surface area contributed by atoms with E-state index in [4.69, 9.17) is 10.5 Å². The van der Waals surface area contributed by atoms with Crippen LogP contribution in [0.25, 0.3) is 0 Å².